The number of carbonyl (C=O) groups is 2. The van der Waals surface area contributed by atoms with Crippen molar-refractivity contribution in [1.29, 1.82) is 0 Å². The lowest BCUT2D eigenvalue weighted by Crippen LogP contribution is -2.36. The number of fused-ring (bicyclic) bond motifs is 1. The van der Waals surface area contributed by atoms with E-state index in [0.717, 1.165) is 24.8 Å². The number of Topliss-reactive ketones (excluding diaryl/α,β-unsaturated/α-hetero) is 1. The summed E-state index contributed by atoms with van der Waals surface area (Å²) in [4.78, 5) is 25.5. The lowest BCUT2D eigenvalue weighted by Gasteiger charge is -2.23. The zero-order chi connectivity index (χ0) is 19.7. The summed E-state index contributed by atoms with van der Waals surface area (Å²) in [5.74, 6) is -0.510. The van der Waals surface area contributed by atoms with Crippen molar-refractivity contribution in [1.82, 2.24) is 5.32 Å². The molecule has 5 heteroatoms. The summed E-state index contributed by atoms with van der Waals surface area (Å²) >= 11 is 0. The molecule has 2 unspecified atom stereocenters. The Morgan fingerprint density at radius 1 is 1.14 bits per heavy atom. The van der Waals surface area contributed by atoms with Crippen LogP contribution in [0.25, 0.3) is 0 Å². The van der Waals surface area contributed by atoms with Crippen LogP contribution in [0.15, 0.2) is 48.5 Å². The van der Waals surface area contributed by atoms with E-state index in [9.17, 15) is 14.0 Å². The number of hydrogen-bond acceptors (Lipinski definition) is 3. The Morgan fingerprint density at radius 3 is 2.54 bits per heavy atom. The molecule has 2 aliphatic rings. The maximum absolute atomic E-state index is 13.3. The predicted octanol–water partition coefficient (Wildman–Crippen LogP) is 3.91. The van der Waals surface area contributed by atoms with Crippen LogP contribution in [0.5, 0.6) is 0 Å². The summed E-state index contributed by atoms with van der Waals surface area (Å²) in [6.45, 7) is 0. The molecule has 0 bridgehead atoms. The minimum atomic E-state index is -0.755. The van der Waals surface area contributed by atoms with Crippen LogP contribution < -0.4 is 5.32 Å². The number of hydrogen-bond donors (Lipinski definition) is 1. The van der Waals surface area contributed by atoms with Crippen molar-refractivity contribution in [2.45, 2.75) is 37.8 Å². The largest absolute Gasteiger partial charge is 0.376 e. The Labute approximate surface area is 164 Å². The standard InChI is InChI=1S/C23H24FNO3/c1-28-22-17(12-16-4-2-3-5-19(16)22)13-20(26)21(25-23(27)15-6-7-15)14-8-10-18(24)11-9-14/h2-5,8-11,15,17,21-22H,6-7,12-13H2,1H3,(H,25,27)/t17?,21-,22?/m0/s1. The fourth-order valence-electron chi connectivity index (χ4n) is 4.13. The zero-order valence-electron chi connectivity index (χ0n) is 15.9. The number of amides is 1. The monoisotopic (exact) mass is 381 g/mol. The third kappa shape index (κ3) is 3.85. The summed E-state index contributed by atoms with van der Waals surface area (Å²) < 4.78 is 19.0. The topological polar surface area (TPSA) is 55.4 Å². The van der Waals surface area contributed by atoms with E-state index >= 15 is 0 Å². The van der Waals surface area contributed by atoms with E-state index in [1.54, 1.807) is 19.2 Å². The molecule has 146 valence electrons. The highest BCUT2D eigenvalue weighted by atomic mass is 19.1. The van der Waals surface area contributed by atoms with Gasteiger partial charge in [-0.3, -0.25) is 9.59 Å². The number of ketones is 1. The van der Waals surface area contributed by atoms with Crippen molar-refractivity contribution in [2.24, 2.45) is 11.8 Å². The quantitative estimate of drug-likeness (QED) is 0.791. The van der Waals surface area contributed by atoms with Crippen molar-refractivity contribution in [2.75, 3.05) is 7.11 Å². The van der Waals surface area contributed by atoms with E-state index in [1.165, 1.54) is 17.7 Å². The summed E-state index contributed by atoms with van der Waals surface area (Å²) in [5, 5.41) is 2.89. The SMILES string of the molecule is COC1c2ccccc2CC1CC(=O)[C@@H](NC(=O)C1CC1)c1ccc(F)cc1. The van der Waals surface area contributed by atoms with Crippen molar-refractivity contribution in [3.63, 3.8) is 0 Å². The highest BCUT2D eigenvalue weighted by Crippen LogP contribution is 2.41. The van der Waals surface area contributed by atoms with Gasteiger partial charge in [0.05, 0.1) is 6.10 Å². The van der Waals surface area contributed by atoms with Crippen LogP contribution >= 0.6 is 0 Å². The van der Waals surface area contributed by atoms with Gasteiger partial charge >= 0.3 is 0 Å². The molecule has 0 aromatic heterocycles. The second kappa shape index (κ2) is 7.84. The molecule has 1 amide bonds. The number of rotatable bonds is 7. The van der Waals surface area contributed by atoms with Gasteiger partial charge in [0.1, 0.15) is 11.9 Å². The molecule has 0 radical (unpaired) electrons. The molecular weight excluding hydrogens is 357 g/mol. The molecule has 2 aromatic rings. The van der Waals surface area contributed by atoms with Crippen molar-refractivity contribution in [3.8, 4) is 0 Å². The van der Waals surface area contributed by atoms with Gasteiger partial charge in [0.25, 0.3) is 0 Å². The molecule has 0 aliphatic heterocycles. The first-order valence-electron chi connectivity index (χ1n) is 9.76. The maximum Gasteiger partial charge on any atom is 0.223 e. The van der Waals surface area contributed by atoms with Gasteiger partial charge in [-0.1, -0.05) is 36.4 Å². The Bertz CT molecular complexity index is 876. The molecule has 0 heterocycles. The summed E-state index contributed by atoms with van der Waals surface area (Å²) in [6.07, 6.45) is 2.65. The highest BCUT2D eigenvalue weighted by molar-refractivity contribution is 5.91. The van der Waals surface area contributed by atoms with E-state index < -0.39 is 6.04 Å². The first-order valence-corrected chi connectivity index (χ1v) is 9.76. The van der Waals surface area contributed by atoms with Gasteiger partial charge in [-0.05, 0) is 48.1 Å². The predicted molar refractivity (Wildman–Crippen MR) is 103 cm³/mol. The fraction of sp³-hybridized carbons (Fsp3) is 0.391. The molecular formula is C23H24FNO3. The molecule has 1 saturated carbocycles. The van der Waals surface area contributed by atoms with Crippen LogP contribution in [-0.4, -0.2) is 18.8 Å². The fourth-order valence-corrected chi connectivity index (χ4v) is 4.13. The molecule has 28 heavy (non-hydrogen) atoms. The van der Waals surface area contributed by atoms with Gasteiger partial charge in [-0.25, -0.2) is 4.39 Å². The van der Waals surface area contributed by atoms with Crippen molar-refractivity contribution >= 4 is 11.7 Å². The maximum atomic E-state index is 13.3. The summed E-state index contributed by atoms with van der Waals surface area (Å²) in [7, 11) is 1.66. The van der Waals surface area contributed by atoms with Gasteiger partial charge < -0.3 is 10.1 Å². The molecule has 1 N–H and O–H groups in total. The Kier molecular flexibility index (Phi) is 5.27. The van der Waals surface area contributed by atoms with Crippen molar-refractivity contribution < 1.29 is 18.7 Å². The van der Waals surface area contributed by atoms with E-state index in [1.807, 2.05) is 18.2 Å². The number of benzene rings is 2. The van der Waals surface area contributed by atoms with E-state index in [2.05, 4.69) is 11.4 Å². The Balaban J connectivity index is 1.53. The van der Waals surface area contributed by atoms with Crippen LogP contribution in [0, 0.1) is 17.7 Å². The zero-order valence-corrected chi connectivity index (χ0v) is 15.9. The van der Waals surface area contributed by atoms with E-state index in [4.69, 9.17) is 4.74 Å². The van der Waals surface area contributed by atoms with Crippen molar-refractivity contribution in [3.05, 3.63) is 71.0 Å². The average molecular weight is 381 g/mol. The normalized spacial score (nSPS) is 21.8. The molecule has 2 aromatic carbocycles. The molecule has 2 aliphatic carbocycles. The molecule has 4 nitrogen and oxygen atoms in total. The van der Waals surface area contributed by atoms with Crippen LogP contribution in [0.4, 0.5) is 4.39 Å². The smallest absolute Gasteiger partial charge is 0.223 e. The van der Waals surface area contributed by atoms with Crippen LogP contribution in [0.2, 0.25) is 0 Å². The molecule has 3 atom stereocenters. The number of halogens is 1. The van der Waals surface area contributed by atoms with Crippen LogP contribution in [-0.2, 0) is 20.7 Å². The van der Waals surface area contributed by atoms with Crippen LogP contribution in [0.1, 0.15) is 48.1 Å². The molecule has 0 spiro atoms. The summed E-state index contributed by atoms with van der Waals surface area (Å²) in [5.41, 5.74) is 2.94. The minimum absolute atomic E-state index is 0.00166. The number of ether oxygens (including phenoxy) is 1. The van der Waals surface area contributed by atoms with Gasteiger partial charge in [0, 0.05) is 25.4 Å². The summed E-state index contributed by atoms with van der Waals surface area (Å²) in [6, 6.07) is 13.1. The minimum Gasteiger partial charge on any atom is -0.376 e. The Morgan fingerprint density at radius 2 is 1.86 bits per heavy atom. The second-order valence-electron chi connectivity index (χ2n) is 7.76. The molecule has 4 rings (SSSR count). The lowest BCUT2D eigenvalue weighted by atomic mass is 9.91. The number of methoxy groups -OCH3 is 1. The first kappa shape index (κ1) is 18.8. The number of nitrogens with one attached hydrogen (secondary N) is 1. The second-order valence-corrected chi connectivity index (χ2v) is 7.76. The third-order valence-corrected chi connectivity index (χ3v) is 5.75. The number of carbonyl (C=O) groups excluding carboxylic acids is 2. The first-order chi connectivity index (χ1) is 13.6. The molecule has 0 saturated heterocycles. The molecule has 1 fully saturated rings. The lowest BCUT2D eigenvalue weighted by molar-refractivity contribution is -0.129. The average Bonchev–Trinajstić information content (AvgIpc) is 3.48. The van der Waals surface area contributed by atoms with Gasteiger partial charge in [-0.2, -0.15) is 0 Å². The van der Waals surface area contributed by atoms with Gasteiger partial charge in [0.2, 0.25) is 5.91 Å². The third-order valence-electron chi connectivity index (χ3n) is 5.75. The van der Waals surface area contributed by atoms with Gasteiger partial charge in [-0.15, -0.1) is 0 Å². The Hall–Kier alpha value is -2.53. The van der Waals surface area contributed by atoms with E-state index in [-0.39, 0.29) is 35.4 Å². The highest BCUT2D eigenvalue weighted by Gasteiger charge is 2.37. The van der Waals surface area contributed by atoms with Crippen LogP contribution in [0.3, 0.4) is 0 Å². The van der Waals surface area contributed by atoms with E-state index in [0.29, 0.717) is 12.0 Å². The van der Waals surface area contributed by atoms with Gasteiger partial charge in [0.15, 0.2) is 5.78 Å².